The van der Waals surface area contributed by atoms with E-state index in [0.717, 1.165) is 12.8 Å². The number of ether oxygens (including phenoxy) is 2. The maximum atomic E-state index is 11.8. The summed E-state index contributed by atoms with van der Waals surface area (Å²) in [5.74, 6) is 1.13. The molecule has 0 aromatic heterocycles. The Morgan fingerprint density at radius 2 is 2.21 bits per heavy atom. The van der Waals surface area contributed by atoms with Gasteiger partial charge in [-0.1, -0.05) is 0 Å². The fourth-order valence-corrected chi connectivity index (χ4v) is 1.85. The monoisotopic (exact) mass is 265 g/mol. The first-order valence-corrected chi connectivity index (χ1v) is 6.32. The molecule has 1 N–H and O–H groups in total. The van der Waals surface area contributed by atoms with Crippen molar-refractivity contribution in [3.05, 3.63) is 23.8 Å². The second-order valence-electron chi connectivity index (χ2n) is 4.66. The zero-order valence-corrected chi connectivity index (χ0v) is 11.3. The van der Waals surface area contributed by atoms with Gasteiger partial charge in [0.05, 0.1) is 13.7 Å². The van der Waals surface area contributed by atoms with Crippen molar-refractivity contribution < 1.29 is 19.4 Å². The van der Waals surface area contributed by atoms with Gasteiger partial charge in [0, 0.05) is 18.7 Å². The Bertz CT molecular complexity index is 457. The summed E-state index contributed by atoms with van der Waals surface area (Å²) >= 11 is 0. The van der Waals surface area contributed by atoms with Crippen LogP contribution in [0, 0.1) is 0 Å². The van der Waals surface area contributed by atoms with Crippen molar-refractivity contribution in [2.45, 2.75) is 25.5 Å². The first kappa shape index (κ1) is 13.7. The molecule has 1 saturated carbocycles. The van der Waals surface area contributed by atoms with E-state index in [4.69, 9.17) is 9.47 Å². The molecule has 1 aromatic carbocycles. The highest BCUT2D eigenvalue weighted by molar-refractivity contribution is 5.78. The van der Waals surface area contributed by atoms with Crippen LogP contribution in [-0.4, -0.2) is 42.7 Å². The molecule has 0 atom stereocenters. The van der Waals surface area contributed by atoms with Crippen molar-refractivity contribution in [3.63, 3.8) is 0 Å². The first-order valence-electron chi connectivity index (χ1n) is 6.32. The summed E-state index contributed by atoms with van der Waals surface area (Å²) < 4.78 is 10.6. The predicted molar refractivity (Wildman–Crippen MR) is 70.2 cm³/mol. The van der Waals surface area contributed by atoms with Gasteiger partial charge in [0.1, 0.15) is 11.5 Å². The van der Waals surface area contributed by atoms with E-state index < -0.39 is 0 Å². The van der Waals surface area contributed by atoms with Gasteiger partial charge in [-0.2, -0.15) is 0 Å². The highest BCUT2D eigenvalue weighted by atomic mass is 16.5. The summed E-state index contributed by atoms with van der Waals surface area (Å²) in [5.41, 5.74) is 0.612. The molecular weight excluding hydrogens is 246 g/mol. The minimum absolute atomic E-state index is 0.00761. The molecule has 104 valence electrons. The minimum Gasteiger partial charge on any atom is -0.497 e. The molecule has 5 heteroatoms. The van der Waals surface area contributed by atoms with Crippen molar-refractivity contribution in [1.29, 1.82) is 0 Å². The fourth-order valence-electron chi connectivity index (χ4n) is 1.85. The number of aliphatic hydroxyl groups is 1. The van der Waals surface area contributed by atoms with Crippen molar-refractivity contribution in [1.82, 2.24) is 4.90 Å². The van der Waals surface area contributed by atoms with Crippen LogP contribution in [0.25, 0.3) is 0 Å². The second-order valence-corrected chi connectivity index (χ2v) is 4.66. The molecule has 1 amide bonds. The van der Waals surface area contributed by atoms with Crippen molar-refractivity contribution >= 4 is 5.91 Å². The molecule has 1 fully saturated rings. The van der Waals surface area contributed by atoms with Crippen LogP contribution in [0.5, 0.6) is 11.5 Å². The number of benzene rings is 1. The lowest BCUT2D eigenvalue weighted by Gasteiger charge is -2.17. The highest BCUT2D eigenvalue weighted by Crippen LogP contribution is 2.26. The molecule has 0 bridgehead atoms. The standard InChI is InChI=1S/C14H19NO4/c1-15(11-3-4-11)14(17)9-19-13-6-5-12(18-2)7-10(13)8-16/h5-7,11,16H,3-4,8-9H2,1-2H3. The zero-order valence-electron chi connectivity index (χ0n) is 11.3. The van der Waals surface area contributed by atoms with Crippen LogP contribution in [0.1, 0.15) is 18.4 Å². The normalized spacial score (nSPS) is 14.1. The smallest absolute Gasteiger partial charge is 0.260 e. The quantitative estimate of drug-likeness (QED) is 0.839. The third-order valence-electron chi connectivity index (χ3n) is 3.28. The molecule has 0 aliphatic heterocycles. The lowest BCUT2D eigenvalue weighted by atomic mass is 10.2. The van der Waals surface area contributed by atoms with Crippen LogP contribution in [-0.2, 0) is 11.4 Å². The number of methoxy groups -OCH3 is 1. The van der Waals surface area contributed by atoms with Crippen LogP contribution < -0.4 is 9.47 Å². The van der Waals surface area contributed by atoms with Gasteiger partial charge in [-0.25, -0.2) is 0 Å². The Balaban J connectivity index is 1.96. The molecule has 0 unspecified atom stereocenters. The van der Waals surface area contributed by atoms with E-state index in [1.165, 1.54) is 0 Å². The van der Waals surface area contributed by atoms with Crippen LogP contribution in [0.3, 0.4) is 0 Å². The van der Waals surface area contributed by atoms with Crippen molar-refractivity contribution in [3.8, 4) is 11.5 Å². The Kier molecular flexibility index (Phi) is 4.27. The number of rotatable bonds is 6. The number of nitrogens with zero attached hydrogens (tertiary/aromatic N) is 1. The molecule has 0 saturated heterocycles. The maximum absolute atomic E-state index is 11.8. The Hall–Kier alpha value is -1.75. The molecular formula is C14H19NO4. The number of carbonyl (C=O) groups is 1. The lowest BCUT2D eigenvalue weighted by molar-refractivity contribution is -0.132. The molecule has 0 heterocycles. The highest BCUT2D eigenvalue weighted by Gasteiger charge is 2.29. The van der Waals surface area contributed by atoms with Crippen LogP contribution >= 0.6 is 0 Å². The first-order chi connectivity index (χ1) is 9.15. The summed E-state index contributed by atoms with van der Waals surface area (Å²) in [7, 11) is 3.36. The van der Waals surface area contributed by atoms with Gasteiger partial charge in [0.15, 0.2) is 6.61 Å². The van der Waals surface area contributed by atoms with E-state index >= 15 is 0 Å². The number of carbonyl (C=O) groups excluding carboxylic acids is 1. The Morgan fingerprint density at radius 1 is 1.47 bits per heavy atom. The van der Waals surface area contributed by atoms with E-state index in [1.807, 2.05) is 0 Å². The Morgan fingerprint density at radius 3 is 2.79 bits per heavy atom. The van der Waals surface area contributed by atoms with Gasteiger partial charge in [-0.15, -0.1) is 0 Å². The molecule has 0 radical (unpaired) electrons. The van der Waals surface area contributed by atoms with E-state index in [0.29, 0.717) is 23.1 Å². The van der Waals surface area contributed by atoms with Crippen LogP contribution in [0.4, 0.5) is 0 Å². The number of hydrogen-bond acceptors (Lipinski definition) is 4. The van der Waals surface area contributed by atoms with E-state index in [2.05, 4.69) is 0 Å². The molecule has 19 heavy (non-hydrogen) atoms. The molecule has 1 aliphatic carbocycles. The summed E-state index contributed by atoms with van der Waals surface area (Å²) in [6.07, 6.45) is 2.15. The molecule has 1 aromatic rings. The van der Waals surface area contributed by atoms with Gasteiger partial charge in [-0.05, 0) is 31.0 Å². The summed E-state index contributed by atoms with van der Waals surface area (Å²) in [5, 5.41) is 9.28. The van der Waals surface area contributed by atoms with Gasteiger partial charge in [0.2, 0.25) is 0 Å². The number of aliphatic hydroxyl groups excluding tert-OH is 1. The van der Waals surface area contributed by atoms with Crippen molar-refractivity contribution in [2.75, 3.05) is 20.8 Å². The number of likely N-dealkylation sites (N-methyl/N-ethyl adjacent to an activating group) is 1. The maximum Gasteiger partial charge on any atom is 0.260 e. The molecule has 2 rings (SSSR count). The third-order valence-corrected chi connectivity index (χ3v) is 3.28. The van der Waals surface area contributed by atoms with Crippen molar-refractivity contribution in [2.24, 2.45) is 0 Å². The second kappa shape index (κ2) is 5.93. The van der Waals surface area contributed by atoms with Gasteiger partial charge >= 0.3 is 0 Å². The Labute approximate surface area is 112 Å². The summed E-state index contributed by atoms with van der Waals surface area (Å²) in [4.78, 5) is 13.6. The topological polar surface area (TPSA) is 59.0 Å². The minimum atomic E-state index is -0.154. The van der Waals surface area contributed by atoms with E-state index in [1.54, 1.807) is 37.3 Å². The third kappa shape index (κ3) is 3.38. The van der Waals surface area contributed by atoms with Crippen LogP contribution in [0.15, 0.2) is 18.2 Å². The average molecular weight is 265 g/mol. The zero-order chi connectivity index (χ0) is 13.8. The largest absolute Gasteiger partial charge is 0.497 e. The van der Waals surface area contributed by atoms with E-state index in [-0.39, 0.29) is 19.1 Å². The predicted octanol–water partition coefficient (Wildman–Crippen LogP) is 1.19. The number of amides is 1. The average Bonchev–Trinajstić information content (AvgIpc) is 3.28. The van der Waals surface area contributed by atoms with Crippen LogP contribution in [0.2, 0.25) is 0 Å². The molecule has 0 spiro atoms. The van der Waals surface area contributed by atoms with Gasteiger partial charge in [-0.3, -0.25) is 4.79 Å². The van der Waals surface area contributed by atoms with Gasteiger partial charge < -0.3 is 19.5 Å². The fraction of sp³-hybridized carbons (Fsp3) is 0.500. The summed E-state index contributed by atoms with van der Waals surface area (Å²) in [6, 6.07) is 5.52. The number of hydrogen-bond donors (Lipinski definition) is 1. The van der Waals surface area contributed by atoms with Gasteiger partial charge in [0.25, 0.3) is 5.91 Å². The molecule has 1 aliphatic rings. The SMILES string of the molecule is COc1ccc(OCC(=O)N(C)C2CC2)c(CO)c1. The lowest BCUT2D eigenvalue weighted by Crippen LogP contribution is -2.33. The van der Waals surface area contributed by atoms with E-state index in [9.17, 15) is 9.90 Å². The molecule has 5 nitrogen and oxygen atoms in total. The summed E-state index contributed by atoms with van der Waals surface area (Å²) in [6.45, 7) is -0.161.